The summed E-state index contributed by atoms with van der Waals surface area (Å²) in [6.07, 6.45) is 0.467. The minimum atomic E-state index is -3.47. The van der Waals surface area contributed by atoms with Crippen LogP contribution < -0.4 is 9.64 Å². The van der Waals surface area contributed by atoms with Crippen LogP contribution in [0.3, 0.4) is 0 Å². The van der Waals surface area contributed by atoms with Crippen molar-refractivity contribution in [2.75, 3.05) is 31.4 Å². The second-order valence-electron chi connectivity index (χ2n) is 4.63. The van der Waals surface area contributed by atoms with Gasteiger partial charge in [0.1, 0.15) is 11.9 Å². The van der Waals surface area contributed by atoms with Crippen LogP contribution in [0.15, 0.2) is 24.3 Å². The van der Waals surface area contributed by atoms with Crippen LogP contribution in [0.1, 0.15) is 6.42 Å². The van der Waals surface area contributed by atoms with E-state index in [2.05, 4.69) is 4.18 Å². The van der Waals surface area contributed by atoms with Gasteiger partial charge in [-0.2, -0.15) is 8.42 Å². The molecule has 21 heavy (non-hydrogen) atoms. The van der Waals surface area contributed by atoms with Crippen molar-refractivity contribution in [1.82, 2.24) is 0 Å². The molecular formula is C13H17NO6S. The molecule has 0 radical (unpaired) electrons. The van der Waals surface area contributed by atoms with E-state index < -0.39 is 16.2 Å². The largest absolute Gasteiger partial charge is 0.497 e. The SMILES string of the molecule is COc1ccc(N2CC(CCOS(C)(=O)=O)OC2=O)cc1. The van der Waals surface area contributed by atoms with Crippen molar-refractivity contribution in [1.29, 1.82) is 0 Å². The molecular weight excluding hydrogens is 298 g/mol. The summed E-state index contributed by atoms with van der Waals surface area (Å²) in [6, 6.07) is 7.02. The second-order valence-corrected chi connectivity index (χ2v) is 6.27. The lowest BCUT2D eigenvalue weighted by Crippen LogP contribution is -2.24. The summed E-state index contributed by atoms with van der Waals surface area (Å²) in [6.45, 7) is 0.353. The topological polar surface area (TPSA) is 82.1 Å². The number of ether oxygens (including phenoxy) is 2. The maximum absolute atomic E-state index is 11.8. The van der Waals surface area contributed by atoms with E-state index in [1.165, 1.54) is 4.90 Å². The zero-order valence-corrected chi connectivity index (χ0v) is 12.6. The number of anilines is 1. The van der Waals surface area contributed by atoms with Crippen molar-refractivity contribution >= 4 is 21.9 Å². The number of carbonyl (C=O) groups is 1. The molecule has 0 saturated carbocycles. The Hall–Kier alpha value is -1.80. The van der Waals surface area contributed by atoms with Crippen LogP contribution in [-0.2, 0) is 19.0 Å². The van der Waals surface area contributed by atoms with Crippen molar-refractivity contribution in [2.45, 2.75) is 12.5 Å². The molecule has 2 rings (SSSR count). The number of benzene rings is 1. The maximum Gasteiger partial charge on any atom is 0.414 e. The molecule has 1 atom stereocenters. The number of cyclic esters (lactones) is 1. The van der Waals surface area contributed by atoms with E-state index in [1.807, 2.05) is 0 Å². The lowest BCUT2D eigenvalue weighted by atomic mass is 10.2. The first-order chi connectivity index (χ1) is 9.89. The number of amides is 1. The summed E-state index contributed by atoms with van der Waals surface area (Å²) in [7, 11) is -1.90. The average Bonchev–Trinajstić information content (AvgIpc) is 2.78. The predicted molar refractivity (Wildman–Crippen MR) is 76.0 cm³/mol. The molecule has 0 spiro atoms. The summed E-state index contributed by atoms with van der Waals surface area (Å²) in [4.78, 5) is 13.3. The Labute approximate surface area is 123 Å². The predicted octanol–water partition coefficient (Wildman–Crippen LogP) is 1.39. The lowest BCUT2D eigenvalue weighted by Gasteiger charge is -2.13. The Morgan fingerprint density at radius 3 is 2.57 bits per heavy atom. The molecule has 0 bridgehead atoms. The monoisotopic (exact) mass is 315 g/mol. The fraction of sp³-hybridized carbons (Fsp3) is 0.462. The Kier molecular flexibility index (Phi) is 4.69. The smallest absolute Gasteiger partial charge is 0.414 e. The van der Waals surface area contributed by atoms with Gasteiger partial charge in [-0.1, -0.05) is 0 Å². The van der Waals surface area contributed by atoms with Gasteiger partial charge < -0.3 is 9.47 Å². The van der Waals surface area contributed by atoms with Gasteiger partial charge in [0.2, 0.25) is 0 Å². The quantitative estimate of drug-likeness (QED) is 0.738. The van der Waals surface area contributed by atoms with E-state index in [0.717, 1.165) is 6.26 Å². The maximum atomic E-state index is 11.8. The molecule has 1 aromatic carbocycles. The van der Waals surface area contributed by atoms with Gasteiger partial charge in [-0.25, -0.2) is 4.79 Å². The minimum absolute atomic E-state index is 0.00671. The van der Waals surface area contributed by atoms with Crippen LogP contribution in [0.4, 0.5) is 10.5 Å². The van der Waals surface area contributed by atoms with Crippen molar-refractivity contribution in [3.8, 4) is 5.75 Å². The molecule has 1 saturated heterocycles. The fourth-order valence-electron chi connectivity index (χ4n) is 1.98. The van der Waals surface area contributed by atoms with Gasteiger partial charge in [-0.15, -0.1) is 0 Å². The van der Waals surface area contributed by atoms with Gasteiger partial charge in [0.15, 0.2) is 0 Å². The third kappa shape index (κ3) is 4.33. The number of carbonyl (C=O) groups excluding carboxylic acids is 1. The molecule has 1 aliphatic heterocycles. The highest BCUT2D eigenvalue weighted by molar-refractivity contribution is 7.85. The summed E-state index contributed by atoms with van der Waals surface area (Å²) in [5.41, 5.74) is 0.701. The van der Waals surface area contributed by atoms with Crippen LogP contribution >= 0.6 is 0 Å². The van der Waals surface area contributed by atoms with Gasteiger partial charge >= 0.3 is 6.09 Å². The van der Waals surface area contributed by atoms with Gasteiger partial charge in [-0.3, -0.25) is 9.08 Å². The van der Waals surface area contributed by atoms with Crippen LogP contribution in [0, 0.1) is 0 Å². The highest BCUT2D eigenvalue weighted by Crippen LogP contribution is 2.25. The molecule has 0 N–H and O–H groups in total. The second kappa shape index (κ2) is 6.31. The van der Waals surface area contributed by atoms with Gasteiger partial charge in [0.05, 0.1) is 26.5 Å². The molecule has 1 amide bonds. The number of hydrogen-bond donors (Lipinski definition) is 0. The van der Waals surface area contributed by atoms with E-state index in [0.29, 0.717) is 24.4 Å². The summed E-state index contributed by atoms with van der Waals surface area (Å²) in [5.74, 6) is 0.699. The van der Waals surface area contributed by atoms with Crippen molar-refractivity contribution in [3.63, 3.8) is 0 Å². The van der Waals surface area contributed by atoms with E-state index >= 15 is 0 Å². The molecule has 8 heteroatoms. The van der Waals surface area contributed by atoms with Crippen LogP contribution in [0.5, 0.6) is 5.75 Å². The van der Waals surface area contributed by atoms with E-state index in [1.54, 1.807) is 31.4 Å². The molecule has 1 heterocycles. The zero-order valence-electron chi connectivity index (χ0n) is 11.8. The highest BCUT2D eigenvalue weighted by atomic mass is 32.2. The third-order valence-electron chi connectivity index (χ3n) is 3.00. The number of nitrogens with zero attached hydrogens (tertiary/aromatic N) is 1. The van der Waals surface area contributed by atoms with E-state index in [4.69, 9.17) is 9.47 Å². The first-order valence-corrected chi connectivity index (χ1v) is 8.17. The minimum Gasteiger partial charge on any atom is -0.497 e. The average molecular weight is 315 g/mol. The Balaban J connectivity index is 1.92. The van der Waals surface area contributed by atoms with E-state index in [-0.39, 0.29) is 12.7 Å². The fourth-order valence-corrected chi connectivity index (χ4v) is 2.37. The molecule has 116 valence electrons. The molecule has 1 unspecified atom stereocenters. The van der Waals surface area contributed by atoms with E-state index in [9.17, 15) is 13.2 Å². The Morgan fingerprint density at radius 2 is 2.00 bits per heavy atom. The first-order valence-electron chi connectivity index (χ1n) is 6.35. The van der Waals surface area contributed by atoms with Gasteiger partial charge in [0.25, 0.3) is 10.1 Å². The third-order valence-corrected chi connectivity index (χ3v) is 3.59. The molecule has 1 fully saturated rings. The Morgan fingerprint density at radius 1 is 1.33 bits per heavy atom. The molecule has 0 aliphatic carbocycles. The van der Waals surface area contributed by atoms with Crippen molar-refractivity contribution < 1.29 is 26.9 Å². The summed E-state index contributed by atoms with van der Waals surface area (Å²) >= 11 is 0. The number of hydrogen-bond acceptors (Lipinski definition) is 6. The number of methoxy groups -OCH3 is 1. The van der Waals surface area contributed by atoms with Crippen LogP contribution in [-0.4, -0.2) is 47.1 Å². The summed E-state index contributed by atoms with van der Waals surface area (Å²) < 4.78 is 36.6. The Bertz CT molecular complexity index is 598. The normalized spacial score (nSPS) is 18.7. The lowest BCUT2D eigenvalue weighted by molar-refractivity contribution is 0.126. The van der Waals surface area contributed by atoms with Crippen LogP contribution in [0.25, 0.3) is 0 Å². The summed E-state index contributed by atoms with van der Waals surface area (Å²) in [5, 5.41) is 0. The number of rotatable bonds is 6. The van der Waals surface area contributed by atoms with Crippen LogP contribution in [0.2, 0.25) is 0 Å². The highest BCUT2D eigenvalue weighted by Gasteiger charge is 2.32. The van der Waals surface area contributed by atoms with Crippen molar-refractivity contribution in [3.05, 3.63) is 24.3 Å². The molecule has 1 aromatic rings. The van der Waals surface area contributed by atoms with Gasteiger partial charge in [-0.05, 0) is 24.3 Å². The zero-order chi connectivity index (χ0) is 15.5. The molecule has 0 aromatic heterocycles. The molecule has 1 aliphatic rings. The first kappa shape index (κ1) is 15.6. The standard InChI is InChI=1S/C13H17NO6S/c1-18-11-5-3-10(4-6-11)14-9-12(20-13(14)15)7-8-19-21(2,16)17/h3-6,12H,7-9H2,1-2H3. The van der Waals surface area contributed by atoms with Crippen molar-refractivity contribution in [2.24, 2.45) is 0 Å². The van der Waals surface area contributed by atoms with Gasteiger partial charge in [0, 0.05) is 12.1 Å². The molecule has 7 nitrogen and oxygen atoms in total.